The van der Waals surface area contributed by atoms with Crippen LogP contribution in [0.2, 0.25) is 0 Å². The van der Waals surface area contributed by atoms with E-state index >= 15 is 0 Å². The third-order valence-corrected chi connectivity index (χ3v) is 5.57. The number of hydrogen-bond donors (Lipinski definition) is 0. The Morgan fingerprint density at radius 2 is 1.96 bits per heavy atom. The Labute approximate surface area is 160 Å². The molecule has 0 amide bonds. The number of ether oxygens (including phenoxy) is 1. The van der Waals surface area contributed by atoms with E-state index in [1.54, 1.807) is 12.6 Å². The molecule has 0 N–H and O–H groups in total. The Hall–Kier alpha value is -1.64. The lowest BCUT2D eigenvalue weighted by atomic mass is 10.2. The second-order valence-corrected chi connectivity index (χ2v) is 7.66. The summed E-state index contributed by atoms with van der Waals surface area (Å²) in [7, 11) is 1.61. The van der Waals surface area contributed by atoms with E-state index in [2.05, 4.69) is 20.9 Å². The second kappa shape index (κ2) is 8.16. The topological polar surface area (TPSA) is 25.4 Å². The minimum atomic E-state index is -0.628. The second-order valence-electron chi connectivity index (χ2n) is 5.02. The summed E-state index contributed by atoms with van der Waals surface area (Å²) in [6.45, 7) is 0.507. The number of anilines is 1. The molecule has 0 atom stereocenters. The number of benzene rings is 2. The Balaban J connectivity index is 1.86. The van der Waals surface area contributed by atoms with Gasteiger partial charge in [-0.15, -0.1) is 11.3 Å². The highest BCUT2D eigenvalue weighted by atomic mass is 79.9. The van der Waals surface area contributed by atoms with Gasteiger partial charge < -0.3 is 4.74 Å². The van der Waals surface area contributed by atoms with Crippen LogP contribution in [0.1, 0.15) is 5.56 Å². The van der Waals surface area contributed by atoms with Gasteiger partial charge in [-0.2, -0.15) is 0 Å². The summed E-state index contributed by atoms with van der Waals surface area (Å²) in [4.78, 5) is 4.62. The van der Waals surface area contributed by atoms with Crippen molar-refractivity contribution in [3.63, 3.8) is 0 Å². The van der Waals surface area contributed by atoms with Crippen LogP contribution in [-0.4, -0.2) is 12.1 Å². The first kappa shape index (κ1) is 18.2. The van der Waals surface area contributed by atoms with Crippen LogP contribution in [0.15, 0.2) is 56.7 Å². The van der Waals surface area contributed by atoms with Crippen molar-refractivity contribution in [1.29, 1.82) is 0 Å². The predicted molar refractivity (Wildman–Crippen MR) is 101 cm³/mol. The lowest BCUT2D eigenvalue weighted by Gasteiger charge is -2.21. The average molecular weight is 443 g/mol. The molecule has 130 valence electrons. The highest BCUT2D eigenvalue weighted by molar-refractivity contribution is 9.10. The van der Waals surface area contributed by atoms with Crippen molar-refractivity contribution < 1.29 is 13.5 Å². The molecule has 0 aliphatic rings. The summed E-state index contributed by atoms with van der Waals surface area (Å²) in [5.41, 5.74) is 2.73. The van der Waals surface area contributed by atoms with Crippen molar-refractivity contribution in [3.05, 3.63) is 69.0 Å². The van der Waals surface area contributed by atoms with Gasteiger partial charge in [0.15, 0.2) is 0 Å². The molecular weight excluding hydrogens is 430 g/mol. The van der Waals surface area contributed by atoms with Crippen LogP contribution in [0.4, 0.5) is 14.6 Å². The summed E-state index contributed by atoms with van der Waals surface area (Å²) in [5.74, 6) is 0.244. The number of halogens is 3. The maximum atomic E-state index is 14.1. The molecule has 0 aliphatic carbocycles. The van der Waals surface area contributed by atoms with Gasteiger partial charge in [-0.1, -0.05) is 12.1 Å². The Kier molecular flexibility index (Phi) is 5.93. The van der Waals surface area contributed by atoms with Crippen LogP contribution in [0, 0.1) is 11.6 Å². The number of nitrogens with zero attached hydrogens (tertiary/aromatic N) is 2. The standard InChI is InChI=1S/C17H13BrF2N2OS2/c1-23-12-4-2-11(3-5-12)8-22(17-9-24-10-21-17)25-16-6-13(18)14(19)7-15(16)20/h2-7,9-10H,8H2,1H3. The zero-order chi connectivity index (χ0) is 17.8. The van der Waals surface area contributed by atoms with Gasteiger partial charge in [0.1, 0.15) is 23.2 Å². The van der Waals surface area contributed by atoms with E-state index in [0.717, 1.165) is 17.4 Å². The van der Waals surface area contributed by atoms with E-state index in [0.29, 0.717) is 17.3 Å². The highest BCUT2D eigenvalue weighted by Gasteiger charge is 2.16. The average Bonchev–Trinajstić information content (AvgIpc) is 3.14. The van der Waals surface area contributed by atoms with Crippen molar-refractivity contribution in [2.45, 2.75) is 11.4 Å². The Bertz CT molecular complexity index is 845. The maximum absolute atomic E-state index is 14.1. The summed E-state index contributed by atoms with van der Waals surface area (Å²) in [6, 6.07) is 9.93. The first-order valence-corrected chi connectivity index (χ1v) is 9.69. The normalized spacial score (nSPS) is 10.7. The molecule has 3 nitrogen and oxygen atoms in total. The molecular formula is C17H13BrF2N2OS2. The van der Waals surface area contributed by atoms with Gasteiger partial charge in [0.2, 0.25) is 0 Å². The van der Waals surface area contributed by atoms with Crippen LogP contribution < -0.4 is 9.04 Å². The van der Waals surface area contributed by atoms with E-state index in [1.807, 2.05) is 34.0 Å². The largest absolute Gasteiger partial charge is 0.497 e. The third kappa shape index (κ3) is 4.50. The highest BCUT2D eigenvalue weighted by Crippen LogP contribution is 2.34. The van der Waals surface area contributed by atoms with Gasteiger partial charge in [0.25, 0.3) is 0 Å². The predicted octanol–water partition coefficient (Wildman–Crippen LogP) is 5.91. The Morgan fingerprint density at radius 3 is 2.60 bits per heavy atom. The van der Waals surface area contributed by atoms with E-state index < -0.39 is 11.6 Å². The molecule has 8 heteroatoms. The SMILES string of the molecule is COc1ccc(CN(Sc2cc(Br)c(F)cc2F)c2cscn2)cc1. The molecule has 0 aliphatic heterocycles. The molecule has 0 saturated carbocycles. The van der Waals surface area contributed by atoms with Crippen molar-refractivity contribution in [3.8, 4) is 5.75 Å². The van der Waals surface area contributed by atoms with Crippen molar-refractivity contribution in [2.75, 3.05) is 11.4 Å². The van der Waals surface area contributed by atoms with E-state index in [-0.39, 0.29) is 4.47 Å². The van der Waals surface area contributed by atoms with Crippen LogP contribution in [0.3, 0.4) is 0 Å². The lowest BCUT2D eigenvalue weighted by molar-refractivity contribution is 0.414. The van der Waals surface area contributed by atoms with E-state index in [4.69, 9.17) is 4.74 Å². The Morgan fingerprint density at radius 1 is 1.20 bits per heavy atom. The fraction of sp³-hybridized carbons (Fsp3) is 0.118. The van der Waals surface area contributed by atoms with Crippen molar-refractivity contribution in [1.82, 2.24) is 4.98 Å². The van der Waals surface area contributed by atoms with Crippen LogP contribution in [-0.2, 0) is 6.54 Å². The maximum Gasteiger partial charge on any atom is 0.150 e. The first-order chi connectivity index (χ1) is 12.1. The summed E-state index contributed by atoms with van der Waals surface area (Å²) >= 11 is 5.73. The summed E-state index contributed by atoms with van der Waals surface area (Å²) in [6.07, 6.45) is 0. The third-order valence-electron chi connectivity index (χ3n) is 3.34. The molecule has 0 saturated heterocycles. The van der Waals surface area contributed by atoms with Gasteiger partial charge in [0.05, 0.1) is 28.5 Å². The number of methoxy groups -OCH3 is 1. The molecule has 0 unspecified atom stereocenters. The molecule has 0 bridgehead atoms. The monoisotopic (exact) mass is 442 g/mol. The van der Waals surface area contributed by atoms with Gasteiger partial charge in [-0.3, -0.25) is 4.31 Å². The molecule has 1 heterocycles. The van der Waals surface area contributed by atoms with Crippen molar-refractivity contribution in [2.24, 2.45) is 0 Å². The molecule has 3 aromatic rings. The zero-order valence-corrected chi connectivity index (χ0v) is 16.3. The van der Waals surface area contributed by atoms with Gasteiger partial charge >= 0.3 is 0 Å². The van der Waals surface area contributed by atoms with Crippen LogP contribution >= 0.6 is 39.2 Å². The lowest BCUT2D eigenvalue weighted by Crippen LogP contribution is -2.14. The smallest absolute Gasteiger partial charge is 0.150 e. The summed E-state index contributed by atoms with van der Waals surface area (Å²) < 4.78 is 34.8. The summed E-state index contributed by atoms with van der Waals surface area (Å²) in [5, 5.41) is 1.88. The van der Waals surface area contributed by atoms with E-state index in [9.17, 15) is 8.78 Å². The number of hydrogen-bond acceptors (Lipinski definition) is 5. The number of aromatic nitrogens is 1. The quantitative estimate of drug-likeness (QED) is 0.350. The fourth-order valence-electron chi connectivity index (χ4n) is 2.08. The molecule has 3 rings (SSSR count). The molecule has 25 heavy (non-hydrogen) atoms. The molecule has 0 radical (unpaired) electrons. The fourth-order valence-corrected chi connectivity index (χ4v) is 4.14. The number of thiazole rings is 1. The molecule has 2 aromatic carbocycles. The number of rotatable bonds is 6. The van der Waals surface area contributed by atoms with E-state index in [1.165, 1.54) is 29.4 Å². The van der Waals surface area contributed by atoms with Crippen molar-refractivity contribution >= 4 is 45.0 Å². The zero-order valence-electron chi connectivity index (χ0n) is 13.1. The molecule has 0 spiro atoms. The molecule has 0 fully saturated rings. The van der Waals surface area contributed by atoms with Crippen LogP contribution in [0.25, 0.3) is 0 Å². The van der Waals surface area contributed by atoms with Gasteiger partial charge in [-0.25, -0.2) is 13.8 Å². The van der Waals surface area contributed by atoms with Gasteiger partial charge in [-0.05, 0) is 51.6 Å². The minimum Gasteiger partial charge on any atom is -0.497 e. The van der Waals surface area contributed by atoms with Gasteiger partial charge in [0, 0.05) is 11.4 Å². The van der Waals surface area contributed by atoms with Crippen LogP contribution in [0.5, 0.6) is 5.75 Å². The first-order valence-electron chi connectivity index (χ1n) is 7.18. The minimum absolute atomic E-state index is 0.221. The molecule has 1 aromatic heterocycles.